The predicted molar refractivity (Wildman–Crippen MR) is 172 cm³/mol. The van der Waals surface area contributed by atoms with Crippen LogP contribution in [-0.2, 0) is 20.2 Å². The largest absolute Gasteiger partial charge is 0.476 e. The SMILES string of the molecule is CN1C(=O)C2(CCC2)c2c1cnc1ccc(-c3cnc(OCCCN4CCCCC4)c(NS(=O)(=O)c4ccccc4F)c3)cc21. The number of carbonyl (C=O) groups excluding carboxylic acids is 1. The Morgan fingerprint density at radius 3 is 2.53 bits per heavy atom. The second kappa shape index (κ2) is 11.7. The summed E-state index contributed by atoms with van der Waals surface area (Å²) in [6.07, 6.45) is 10.5. The van der Waals surface area contributed by atoms with Gasteiger partial charge in [-0.15, -0.1) is 0 Å². The van der Waals surface area contributed by atoms with Crippen molar-refractivity contribution in [2.75, 3.05) is 42.9 Å². The van der Waals surface area contributed by atoms with Gasteiger partial charge in [0.25, 0.3) is 10.0 Å². The quantitative estimate of drug-likeness (QED) is 0.230. The van der Waals surface area contributed by atoms with E-state index in [9.17, 15) is 17.6 Å². The number of likely N-dealkylation sites (N-methyl/N-ethyl adjacent to an activating group) is 1. The molecule has 2 aromatic carbocycles. The van der Waals surface area contributed by atoms with Gasteiger partial charge in [-0.3, -0.25) is 14.5 Å². The minimum Gasteiger partial charge on any atom is -0.476 e. The Labute approximate surface area is 262 Å². The van der Waals surface area contributed by atoms with Crippen LogP contribution in [0.25, 0.3) is 22.0 Å². The first-order valence-corrected chi connectivity index (χ1v) is 17.1. The van der Waals surface area contributed by atoms with Crippen molar-refractivity contribution in [1.29, 1.82) is 0 Å². The molecule has 45 heavy (non-hydrogen) atoms. The highest BCUT2D eigenvalue weighted by Crippen LogP contribution is 2.55. The fourth-order valence-electron chi connectivity index (χ4n) is 6.95. The molecule has 0 radical (unpaired) electrons. The number of pyridine rings is 2. The van der Waals surface area contributed by atoms with Gasteiger partial charge in [0, 0.05) is 36.3 Å². The highest BCUT2D eigenvalue weighted by Gasteiger charge is 2.54. The lowest BCUT2D eigenvalue weighted by Gasteiger charge is -2.37. The number of nitrogens with zero attached hydrogens (tertiary/aromatic N) is 4. The third-order valence-electron chi connectivity index (χ3n) is 9.47. The summed E-state index contributed by atoms with van der Waals surface area (Å²) >= 11 is 0. The standard InChI is InChI=1S/C34H36FN5O4S/c1-39-29-22-36-27-12-11-23(19-25(27)31(29)34(33(39)41)13-7-14-34)24-20-28(38-45(42,43)30-10-4-3-9-26(30)35)32(37-21-24)44-18-8-17-40-15-5-2-6-16-40/h3-4,9-12,19-22,38H,2,5-8,13-18H2,1H3. The molecule has 1 spiro atoms. The average Bonchev–Trinajstić information content (AvgIpc) is 3.27. The van der Waals surface area contributed by atoms with E-state index in [0.29, 0.717) is 12.2 Å². The maximum absolute atomic E-state index is 14.6. The molecule has 1 saturated heterocycles. The predicted octanol–water partition coefficient (Wildman–Crippen LogP) is 5.89. The zero-order valence-corrected chi connectivity index (χ0v) is 26.1. The number of benzene rings is 2. The van der Waals surface area contributed by atoms with Crippen LogP contribution in [0.2, 0.25) is 0 Å². The van der Waals surface area contributed by atoms with Gasteiger partial charge >= 0.3 is 0 Å². The highest BCUT2D eigenvalue weighted by molar-refractivity contribution is 7.92. The van der Waals surface area contributed by atoms with Crippen LogP contribution >= 0.6 is 0 Å². The lowest BCUT2D eigenvalue weighted by atomic mass is 9.64. The molecule has 1 aliphatic carbocycles. The van der Waals surface area contributed by atoms with Crippen LogP contribution in [0.15, 0.2) is 65.8 Å². The Bertz CT molecular complexity index is 1890. The van der Waals surface area contributed by atoms with Gasteiger partial charge in [-0.2, -0.15) is 0 Å². The van der Waals surface area contributed by atoms with Gasteiger partial charge in [-0.05, 0) is 81.1 Å². The first-order valence-electron chi connectivity index (χ1n) is 15.6. The van der Waals surface area contributed by atoms with E-state index in [-0.39, 0.29) is 17.5 Å². The molecule has 7 rings (SSSR count). The maximum Gasteiger partial charge on any atom is 0.264 e. The number of amides is 1. The van der Waals surface area contributed by atoms with Crippen LogP contribution in [0, 0.1) is 5.82 Å². The molecule has 1 saturated carbocycles. The molecule has 1 amide bonds. The van der Waals surface area contributed by atoms with Crippen LogP contribution in [0.3, 0.4) is 0 Å². The number of rotatable bonds is 9. The lowest BCUT2D eigenvalue weighted by molar-refractivity contribution is -0.125. The fourth-order valence-corrected chi connectivity index (χ4v) is 8.08. The number of nitrogens with one attached hydrogen (secondary N) is 1. The second-order valence-corrected chi connectivity index (χ2v) is 13.9. The summed E-state index contributed by atoms with van der Waals surface area (Å²) in [4.78, 5) is 26.1. The minimum atomic E-state index is -4.29. The number of anilines is 2. The summed E-state index contributed by atoms with van der Waals surface area (Å²) in [6.45, 7) is 3.41. The normalized spacial score (nSPS) is 17.8. The molecule has 3 aliphatic rings. The Morgan fingerprint density at radius 1 is 0.978 bits per heavy atom. The Morgan fingerprint density at radius 2 is 1.78 bits per heavy atom. The molecule has 4 aromatic rings. The number of hydrogen-bond acceptors (Lipinski definition) is 7. The van der Waals surface area contributed by atoms with Crippen LogP contribution in [0.5, 0.6) is 5.88 Å². The summed E-state index contributed by atoms with van der Waals surface area (Å²) in [7, 11) is -2.49. The van der Waals surface area contributed by atoms with Crippen molar-refractivity contribution >= 4 is 38.2 Å². The Hall–Kier alpha value is -4.09. The van der Waals surface area contributed by atoms with Gasteiger partial charge in [0.1, 0.15) is 16.4 Å². The Balaban J connectivity index is 1.23. The number of ether oxygens (including phenoxy) is 1. The van der Waals surface area contributed by atoms with Crippen molar-refractivity contribution in [2.24, 2.45) is 0 Å². The van der Waals surface area contributed by atoms with E-state index in [4.69, 9.17) is 4.74 Å². The molecule has 2 aliphatic heterocycles. The molecular weight excluding hydrogens is 593 g/mol. The van der Waals surface area contributed by atoms with E-state index in [1.807, 2.05) is 18.2 Å². The number of carbonyl (C=O) groups is 1. The third kappa shape index (κ3) is 5.31. The molecule has 4 heterocycles. The molecule has 0 bridgehead atoms. The fraction of sp³-hybridized carbons (Fsp3) is 0.382. The average molecular weight is 630 g/mol. The Kier molecular flexibility index (Phi) is 7.69. The number of sulfonamides is 1. The topological polar surface area (TPSA) is 105 Å². The van der Waals surface area contributed by atoms with Crippen LogP contribution in [-0.4, -0.2) is 62.5 Å². The number of piperidine rings is 1. The molecule has 0 atom stereocenters. The van der Waals surface area contributed by atoms with Gasteiger partial charge in [0.15, 0.2) is 0 Å². The molecule has 2 fully saturated rings. The number of halogens is 1. The molecule has 2 aromatic heterocycles. The second-order valence-electron chi connectivity index (χ2n) is 12.3. The zero-order chi connectivity index (χ0) is 31.2. The summed E-state index contributed by atoms with van der Waals surface area (Å²) in [5.41, 5.74) is 3.65. The summed E-state index contributed by atoms with van der Waals surface area (Å²) < 4.78 is 49.8. The van der Waals surface area contributed by atoms with E-state index in [1.165, 1.54) is 37.5 Å². The van der Waals surface area contributed by atoms with Gasteiger partial charge < -0.3 is 14.5 Å². The van der Waals surface area contributed by atoms with Crippen LogP contribution in [0.1, 0.15) is 50.5 Å². The van der Waals surface area contributed by atoms with E-state index in [1.54, 1.807) is 30.4 Å². The van der Waals surface area contributed by atoms with Crippen LogP contribution in [0.4, 0.5) is 15.8 Å². The number of aromatic nitrogens is 2. The molecule has 9 nitrogen and oxygen atoms in total. The zero-order valence-electron chi connectivity index (χ0n) is 25.3. The van der Waals surface area contributed by atoms with E-state index in [2.05, 4.69) is 19.6 Å². The van der Waals surface area contributed by atoms with Gasteiger partial charge in [0.05, 0.1) is 29.4 Å². The third-order valence-corrected chi connectivity index (χ3v) is 10.9. The number of likely N-dealkylation sites (tertiary alicyclic amines) is 1. The van der Waals surface area contributed by atoms with Gasteiger partial charge in [0.2, 0.25) is 11.8 Å². The van der Waals surface area contributed by atoms with Crippen molar-refractivity contribution < 1.29 is 22.3 Å². The first-order chi connectivity index (χ1) is 21.8. The van der Waals surface area contributed by atoms with Crippen molar-refractivity contribution in [2.45, 2.75) is 55.3 Å². The summed E-state index contributed by atoms with van der Waals surface area (Å²) in [6, 6.07) is 12.7. The smallest absolute Gasteiger partial charge is 0.264 e. The van der Waals surface area contributed by atoms with Crippen molar-refractivity contribution in [3.05, 3.63) is 72.3 Å². The van der Waals surface area contributed by atoms with E-state index in [0.717, 1.165) is 79.1 Å². The number of fused-ring (bicyclic) bond motifs is 4. The molecule has 1 N–H and O–H groups in total. The highest BCUT2D eigenvalue weighted by atomic mass is 32.2. The summed E-state index contributed by atoms with van der Waals surface area (Å²) in [5.74, 6) is -0.614. The van der Waals surface area contributed by atoms with Crippen LogP contribution < -0.4 is 14.4 Å². The molecule has 234 valence electrons. The van der Waals surface area contributed by atoms with Crippen molar-refractivity contribution in [1.82, 2.24) is 14.9 Å². The monoisotopic (exact) mass is 629 g/mol. The molecular formula is C34H36FN5O4S. The van der Waals surface area contributed by atoms with E-state index >= 15 is 0 Å². The minimum absolute atomic E-state index is 0.108. The maximum atomic E-state index is 14.6. The summed E-state index contributed by atoms with van der Waals surface area (Å²) in [5, 5.41) is 0.897. The molecule has 11 heteroatoms. The van der Waals surface area contributed by atoms with Gasteiger partial charge in [-0.1, -0.05) is 31.0 Å². The molecule has 0 unspecified atom stereocenters. The van der Waals surface area contributed by atoms with Crippen molar-refractivity contribution in [3.63, 3.8) is 0 Å². The first kappa shape index (κ1) is 29.6. The van der Waals surface area contributed by atoms with Crippen molar-refractivity contribution in [3.8, 4) is 17.0 Å². The number of hydrogen-bond donors (Lipinski definition) is 1. The van der Waals surface area contributed by atoms with Gasteiger partial charge in [-0.25, -0.2) is 17.8 Å². The lowest BCUT2D eigenvalue weighted by Crippen LogP contribution is -2.43. The van der Waals surface area contributed by atoms with E-state index < -0.39 is 26.2 Å².